The number of halogens is 2. The zero-order valence-electron chi connectivity index (χ0n) is 14.8. The molecule has 0 aliphatic carbocycles. The molecule has 0 aromatic heterocycles. The molecule has 0 spiro atoms. The Balaban J connectivity index is 2.07. The van der Waals surface area contributed by atoms with Crippen LogP contribution in [0, 0.1) is 5.82 Å². The molecule has 27 heavy (non-hydrogen) atoms. The average molecular weight is 398 g/mol. The largest absolute Gasteiger partial charge is 0.496 e. The maximum Gasteiger partial charge on any atom is 0.342 e. The molecule has 0 fully saturated rings. The molecule has 2 rings (SSSR count). The fourth-order valence-electron chi connectivity index (χ4n) is 2.17. The van der Waals surface area contributed by atoms with Gasteiger partial charge in [0.05, 0.1) is 27.0 Å². The van der Waals surface area contributed by atoms with Crippen molar-refractivity contribution >= 4 is 29.2 Å². The maximum absolute atomic E-state index is 13.7. The van der Waals surface area contributed by atoms with E-state index in [0.717, 1.165) is 6.07 Å². The van der Waals surface area contributed by atoms with Gasteiger partial charge < -0.3 is 24.3 Å². The SMILES string of the molecule is COc1cc(OC)c(C(=O)OCC(=O)Nc2ccc(Cl)cc2F)cc1OC. The van der Waals surface area contributed by atoms with Crippen LogP contribution in [-0.4, -0.2) is 39.8 Å². The second-order valence-corrected chi connectivity index (χ2v) is 5.59. The van der Waals surface area contributed by atoms with Crippen molar-refractivity contribution in [2.45, 2.75) is 0 Å². The van der Waals surface area contributed by atoms with Gasteiger partial charge >= 0.3 is 5.97 Å². The number of rotatable bonds is 7. The number of nitrogens with one attached hydrogen (secondary N) is 1. The first-order valence-electron chi connectivity index (χ1n) is 7.61. The molecule has 0 unspecified atom stereocenters. The molecule has 0 heterocycles. The number of benzene rings is 2. The number of ether oxygens (including phenoxy) is 4. The number of carbonyl (C=O) groups is 2. The first-order chi connectivity index (χ1) is 12.9. The first kappa shape index (κ1) is 20.3. The molecular formula is C18H17ClFNO6. The molecular weight excluding hydrogens is 381 g/mol. The highest BCUT2D eigenvalue weighted by atomic mass is 35.5. The summed E-state index contributed by atoms with van der Waals surface area (Å²) < 4.78 is 34.0. The van der Waals surface area contributed by atoms with E-state index in [4.69, 9.17) is 30.5 Å². The Hall–Kier alpha value is -3.00. The predicted octanol–water partition coefficient (Wildman–Crippen LogP) is 3.30. The van der Waals surface area contributed by atoms with Gasteiger partial charge in [0.15, 0.2) is 18.1 Å². The second-order valence-electron chi connectivity index (χ2n) is 5.16. The van der Waals surface area contributed by atoms with Gasteiger partial charge in [0.1, 0.15) is 17.1 Å². The summed E-state index contributed by atoms with van der Waals surface area (Å²) >= 11 is 5.65. The van der Waals surface area contributed by atoms with Gasteiger partial charge in [0.25, 0.3) is 5.91 Å². The summed E-state index contributed by atoms with van der Waals surface area (Å²) in [6.07, 6.45) is 0. The second kappa shape index (κ2) is 9.09. The highest BCUT2D eigenvalue weighted by molar-refractivity contribution is 6.30. The summed E-state index contributed by atoms with van der Waals surface area (Å²) in [6, 6.07) is 6.60. The molecule has 0 saturated heterocycles. The van der Waals surface area contributed by atoms with E-state index in [9.17, 15) is 14.0 Å². The third-order valence-electron chi connectivity index (χ3n) is 3.47. The Labute approximate surface area is 159 Å². The number of esters is 1. The van der Waals surface area contributed by atoms with E-state index in [1.807, 2.05) is 0 Å². The van der Waals surface area contributed by atoms with Crippen molar-refractivity contribution in [2.24, 2.45) is 0 Å². The van der Waals surface area contributed by atoms with Crippen LogP contribution in [0.15, 0.2) is 30.3 Å². The minimum absolute atomic E-state index is 0.0422. The lowest BCUT2D eigenvalue weighted by atomic mass is 10.1. The average Bonchev–Trinajstić information content (AvgIpc) is 2.67. The first-order valence-corrected chi connectivity index (χ1v) is 7.99. The molecule has 0 saturated carbocycles. The fraction of sp³-hybridized carbons (Fsp3) is 0.222. The van der Waals surface area contributed by atoms with Crippen LogP contribution in [-0.2, 0) is 9.53 Å². The van der Waals surface area contributed by atoms with Gasteiger partial charge in [-0.2, -0.15) is 0 Å². The van der Waals surface area contributed by atoms with Crippen LogP contribution >= 0.6 is 11.6 Å². The van der Waals surface area contributed by atoms with Gasteiger partial charge in [-0.15, -0.1) is 0 Å². The quantitative estimate of drug-likeness (QED) is 0.722. The lowest BCUT2D eigenvalue weighted by molar-refractivity contribution is -0.119. The minimum Gasteiger partial charge on any atom is -0.496 e. The molecule has 0 aliphatic rings. The Morgan fingerprint density at radius 3 is 2.22 bits per heavy atom. The van der Waals surface area contributed by atoms with Crippen LogP contribution in [0.2, 0.25) is 5.02 Å². The molecule has 0 bridgehead atoms. The lowest BCUT2D eigenvalue weighted by Gasteiger charge is -2.13. The van der Waals surface area contributed by atoms with E-state index in [-0.39, 0.29) is 27.8 Å². The summed E-state index contributed by atoms with van der Waals surface area (Å²) in [5.41, 5.74) is -0.0373. The third kappa shape index (κ3) is 5.01. The van der Waals surface area contributed by atoms with Crippen LogP contribution in [0.4, 0.5) is 10.1 Å². The van der Waals surface area contributed by atoms with Crippen LogP contribution in [0.25, 0.3) is 0 Å². The molecule has 7 nitrogen and oxygen atoms in total. The molecule has 0 atom stereocenters. The van der Waals surface area contributed by atoms with E-state index >= 15 is 0 Å². The number of carbonyl (C=O) groups excluding carboxylic acids is 2. The van der Waals surface area contributed by atoms with Crippen LogP contribution in [0.1, 0.15) is 10.4 Å². The summed E-state index contributed by atoms with van der Waals surface area (Å²) in [5, 5.41) is 2.48. The third-order valence-corrected chi connectivity index (χ3v) is 3.70. The Kier molecular flexibility index (Phi) is 6.84. The van der Waals surface area contributed by atoms with Gasteiger partial charge in [-0.3, -0.25) is 4.79 Å². The van der Waals surface area contributed by atoms with Gasteiger partial charge in [-0.05, 0) is 18.2 Å². The van der Waals surface area contributed by atoms with Gasteiger partial charge in [0, 0.05) is 17.2 Å². The fourth-order valence-corrected chi connectivity index (χ4v) is 2.33. The predicted molar refractivity (Wildman–Crippen MR) is 96.4 cm³/mol. The number of hydrogen-bond donors (Lipinski definition) is 1. The van der Waals surface area contributed by atoms with Gasteiger partial charge in [0.2, 0.25) is 0 Å². The van der Waals surface area contributed by atoms with Crippen molar-refractivity contribution in [2.75, 3.05) is 33.3 Å². The smallest absolute Gasteiger partial charge is 0.342 e. The summed E-state index contributed by atoms with van der Waals surface area (Å²) in [5.74, 6) is -1.41. The Bertz CT molecular complexity index is 858. The van der Waals surface area contributed by atoms with Crippen molar-refractivity contribution in [3.05, 3.63) is 46.7 Å². The molecule has 0 aliphatic heterocycles. The Morgan fingerprint density at radius 2 is 1.63 bits per heavy atom. The van der Waals surface area contributed by atoms with Crippen LogP contribution in [0.3, 0.4) is 0 Å². The van der Waals surface area contributed by atoms with E-state index in [1.54, 1.807) is 0 Å². The van der Waals surface area contributed by atoms with E-state index in [2.05, 4.69) is 5.32 Å². The van der Waals surface area contributed by atoms with Crippen molar-refractivity contribution in [3.63, 3.8) is 0 Å². The highest BCUT2D eigenvalue weighted by Gasteiger charge is 2.20. The highest BCUT2D eigenvalue weighted by Crippen LogP contribution is 2.34. The maximum atomic E-state index is 13.7. The molecule has 9 heteroatoms. The number of amides is 1. The van der Waals surface area contributed by atoms with Crippen molar-refractivity contribution < 1.29 is 32.9 Å². The van der Waals surface area contributed by atoms with Gasteiger partial charge in [-0.1, -0.05) is 11.6 Å². The molecule has 1 N–H and O–H groups in total. The number of hydrogen-bond acceptors (Lipinski definition) is 6. The van der Waals surface area contributed by atoms with Crippen LogP contribution in [0.5, 0.6) is 17.2 Å². The topological polar surface area (TPSA) is 83.1 Å². The lowest BCUT2D eigenvalue weighted by Crippen LogP contribution is -2.21. The van der Waals surface area contributed by atoms with E-state index in [0.29, 0.717) is 5.75 Å². The number of methoxy groups -OCH3 is 3. The monoisotopic (exact) mass is 397 g/mol. The van der Waals surface area contributed by atoms with E-state index < -0.39 is 24.3 Å². The van der Waals surface area contributed by atoms with Crippen molar-refractivity contribution in [1.29, 1.82) is 0 Å². The standard InChI is InChI=1S/C18H17ClFNO6/c1-24-14-8-16(26-3)15(25-2)7-11(14)18(23)27-9-17(22)21-13-5-4-10(19)6-12(13)20/h4-8H,9H2,1-3H3,(H,21,22). The molecule has 2 aromatic carbocycles. The zero-order valence-corrected chi connectivity index (χ0v) is 15.6. The Morgan fingerprint density at radius 1 is 1.00 bits per heavy atom. The van der Waals surface area contributed by atoms with Crippen molar-refractivity contribution in [3.8, 4) is 17.2 Å². The zero-order chi connectivity index (χ0) is 20.0. The van der Waals surface area contributed by atoms with Gasteiger partial charge in [-0.25, -0.2) is 9.18 Å². The normalized spacial score (nSPS) is 10.1. The molecule has 0 radical (unpaired) electrons. The van der Waals surface area contributed by atoms with Crippen molar-refractivity contribution in [1.82, 2.24) is 0 Å². The molecule has 2 aromatic rings. The molecule has 1 amide bonds. The summed E-state index contributed by atoms with van der Waals surface area (Å²) in [7, 11) is 4.22. The van der Waals surface area contributed by atoms with E-state index in [1.165, 1.54) is 45.6 Å². The van der Waals surface area contributed by atoms with Crippen LogP contribution < -0.4 is 19.5 Å². The molecule has 144 valence electrons. The summed E-state index contributed by atoms with van der Waals surface area (Å²) in [6.45, 7) is -0.627. The minimum atomic E-state index is -0.820. The number of anilines is 1. The summed E-state index contributed by atoms with van der Waals surface area (Å²) in [4.78, 5) is 24.2.